The Morgan fingerprint density at radius 1 is 1.22 bits per heavy atom. The van der Waals surface area contributed by atoms with Gasteiger partial charge in [-0.3, -0.25) is 9.78 Å². The molecule has 0 spiro atoms. The van der Waals surface area contributed by atoms with Crippen LogP contribution in [-0.4, -0.2) is 23.0 Å². The number of carbonyl (C=O) groups is 1. The predicted molar refractivity (Wildman–Crippen MR) is 89.0 cm³/mol. The van der Waals surface area contributed by atoms with E-state index >= 15 is 0 Å². The summed E-state index contributed by atoms with van der Waals surface area (Å²) in [5.41, 5.74) is 3.45. The highest BCUT2D eigenvalue weighted by atomic mass is 16.5. The van der Waals surface area contributed by atoms with Crippen LogP contribution in [0.1, 0.15) is 12.5 Å². The second-order valence-corrected chi connectivity index (χ2v) is 5.20. The summed E-state index contributed by atoms with van der Waals surface area (Å²) in [5, 5.41) is 3.79. The molecule has 0 aliphatic rings. The molecular formula is C18H17N3O2. The van der Waals surface area contributed by atoms with Crippen molar-refractivity contribution in [2.75, 3.05) is 7.11 Å². The van der Waals surface area contributed by atoms with Crippen molar-refractivity contribution < 1.29 is 9.53 Å². The maximum atomic E-state index is 11.0. The van der Waals surface area contributed by atoms with Crippen LogP contribution in [0.4, 0.5) is 0 Å². The molecule has 1 amide bonds. The van der Waals surface area contributed by atoms with Crippen LogP contribution < -0.4 is 10.1 Å². The largest absolute Gasteiger partial charge is 0.480 e. The van der Waals surface area contributed by atoms with E-state index in [4.69, 9.17) is 4.74 Å². The van der Waals surface area contributed by atoms with Crippen molar-refractivity contribution >= 4 is 16.8 Å². The van der Waals surface area contributed by atoms with E-state index in [2.05, 4.69) is 15.3 Å². The van der Waals surface area contributed by atoms with Gasteiger partial charge in [0.25, 0.3) is 0 Å². The number of pyridine rings is 2. The molecule has 5 nitrogen and oxygen atoms in total. The fourth-order valence-electron chi connectivity index (χ4n) is 2.35. The van der Waals surface area contributed by atoms with Crippen LogP contribution in [-0.2, 0) is 11.3 Å². The van der Waals surface area contributed by atoms with Crippen LogP contribution >= 0.6 is 0 Å². The van der Waals surface area contributed by atoms with Gasteiger partial charge in [0.2, 0.25) is 11.8 Å². The first-order valence-corrected chi connectivity index (χ1v) is 7.31. The second kappa shape index (κ2) is 6.44. The number of hydrogen-bond donors (Lipinski definition) is 1. The minimum atomic E-state index is -0.0607. The summed E-state index contributed by atoms with van der Waals surface area (Å²) >= 11 is 0. The maximum Gasteiger partial charge on any atom is 0.223 e. The normalized spacial score (nSPS) is 10.5. The van der Waals surface area contributed by atoms with Crippen molar-refractivity contribution in [2.45, 2.75) is 13.5 Å². The van der Waals surface area contributed by atoms with E-state index in [0.29, 0.717) is 12.4 Å². The number of fused-ring (bicyclic) bond motifs is 1. The fourth-order valence-corrected chi connectivity index (χ4v) is 2.35. The third-order valence-electron chi connectivity index (χ3n) is 3.52. The standard InChI is InChI=1S/C18H17N3O2/c1-12(22)19-10-13-7-8-17(20-11-13)15-9-14-5-3-4-6-16(14)21-18(15)23-2/h3-9,11H,10H2,1-2H3,(H,19,22). The summed E-state index contributed by atoms with van der Waals surface area (Å²) in [5.74, 6) is 0.486. The lowest BCUT2D eigenvalue weighted by Gasteiger charge is -2.09. The van der Waals surface area contributed by atoms with Crippen molar-refractivity contribution in [3.8, 4) is 17.1 Å². The van der Waals surface area contributed by atoms with Crippen molar-refractivity contribution in [3.63, 3.8) is 0 Å². The zero-order valence-electron chi connectivity index (χ0n) is 13.0. The van der Waals surface area contributed by atoms with Gasteiger partial charge in [0, 0.05) is 25.1 Å². The first-order chi connectivity index (χ1) is 11.2. The zero-order chi connectivity index (χ0) is 16.2. The van der Waals surface area contributed by atoms with Gasteiger partial charge in [0.15, 0.2) is 0 Å². The van der Waals surface area contributed by atoms with E-state index in [9.17, 15) is 4.79 Å². The Morgan fingerprint density at radius 3 is 2.74 bits per heavy atom. The van der Waals surface area contributed by atoms with Gasteiger partial charge in [-0.2, -0.15) is 0 Å². The maximum absolute atomic E-state index is 11.0. The lowest BCUT2D eigenvalue weighted by Crippen LogP contribution is -2.18. The molecule has 3 rings (SSSR count). The summed E-state index contributed by atoms with van der Waals surface area (Å²) in [6, 6.07) is 13.8. The molecule has 0 aliphatic heterocycles. The third-order valence-corrected chi connectivity index (χ3v) is 3.52. The second-order valence-electron chi connectivity index (χ2n) is 5.20. The Kier molecular flexibility index (Phi) is 4.19. The van der Waals surface area contributed by atoms with Crippen LogP contribution in [0.25, 0.3) is 22.2 Å². The van der Waals surface area contributed by atoms with Gasteiger partial charge in [0.1, 0.15) is 0 Å². The summed E-state index contributed by atoms with van der Waals surface area (Å²) in [6.07, 6.45) is 1.75. The molecular weight excluding hydrogens is 290 g/mol. The van der Waals surface area contributed by atoms with Crippen LogP contribution in [0.3, 0.4) is 0 Å². The van der Waals surface area contributed by atoms with Crippen molar-refractivity contribution in [2.24, 2.45) is 0 Å². The van der Waals surface area contributed by atoms with Crippen LogP contribution in [0.2, 0.25) is 0 Å². The molecule has 0 saturated carbocycles. The van der Waals surface area contributed by atoms with Gasteiger partial charge in [-0.05, 0) is 23.8 Å². The van der Waals surface area contributed by atoms with E-state index < -0.39 is 0 Å². The number of methoxy groups -OCH3 is 1. The lowest BCUT2D eigenvalue weighted by molar-refractivity contribution is -0.119. The van der Waals surface area contributed by atoms with Gasteiger partial charge in [-0.25, -0.2) is 4.98 Å². The summed E-state index contributed by atoms with van der Waals surface area (Å²) in [6.45, 7) is 1.96. The molecule has 0 radical (unpaired) electrons. The number of para-hydroxylation sites is 1. The van der Waals surface area contributed by atoms with Crippen LogP contribution in [0, 0.1) is 0 Å². The zero-order valence-corrected chi connectivity index (χ0v) is 13.0. The minimum absolute atomic E-state index is 0.0607. The Bertz CT molecular complexity index is 845. The van der Waals surface area contributed by atoms with Gasteiger partial charge < -0.3 is 10.1 Å². The van der Waals surface area contributed by atoms with Crippen molar-refractivity contribution in [3.05, 3.63) is 54.2 Å². The monoisotopic (exact) mass is 307 g/mol. The van der Waals surface area contributed by atoms with Crippen LogP contribution in [0.5, 0.6) is 5.88 Å². The Balaban J connectivity index is 1.97. The molecule has 1 N–H and O–H groups in total. The number of ether oxygens (including phenoxy) is 1. The molecule has 0 saturated heterocycles. The van der Waals surface area contributed by atoms with E-state index in [-0.39, 0.29) is 5.91 Å². The molecule has 1 aromatic carbocycles. The molecule has 0 bridgehead atoms. The van der Waals surface area contributed by atoms with Gasteiger partial charge >= 0.3 is 0 Å². The SMILES string of the molecule is COc1nc2ccccc2cc1-c1ccc(CNC(C)=O)cn1. The minimum Gasteiger partial charge on any atom is -0.480 e. The van der Waals surface area contributed by atoms with E-state index in [0.717, 1.165) is 27.7 Å². The number of nitrogens with one attached hydrogen (secondary N) is 1. The average Bonchev–Trinajstić information content (AvgIpc) is 2.59. The van der Waals surface area contributed by atoms with E-state index in [1.54, 1.807) is 13.3 Å². The van der Waals surface area contributed by atoms with Gasteiger partial charge in [-0.1, -0.05) is 24.3 Å². The summed E-state index contributed by atoms with van der Waals surface area (Å²) < 4.78 is 5.41. The number of carbonyl (C=O) groups excluding carboxylic acids is 1. The Morgan fingerprint density at radius 2 is 2.04 bits per heavy atom. The van der Waals surface area contributed by atoms with Gasteiger partial charge in [0.05, 0.1) is 23.9 Å². The van der Waals surface area contributed by atoms with Crippen LogP contribution in [0.15, 0.2) is 48.7 Å². The molecule has 3 aromatic rings. The first-order valence-electron chi connectivity index (χ1n) is 7.31. The molecule has 0 unspecified atom stereocenters. The highest BCUT2D eigenvalue weighted by molar-refractivity contribution is 5.85. The Hall–Kier alpha value is -2.95. The molecule has 116 valence electrons. The lowest BCUT2D eigenvalue weighted by atomic mass is 10.1. The first kappa shape index (κ1) is 15.0. The Labute approximate surface area is 134 Å². The summed E-state index contributed by atoms with van der Waals surface area (Å²) in [7, 11) is 1.60. The molecule has 23 heavy (non-hydrogen) atoms. The number of nitrogens with zero attached hydrogens (tertiary/aromatic N) is 2. The molecule has 0 aliphatic carbocycles. The number of amides is 1. The molecule has 0 fully saturated rings. The number of rotatable bonds is 4. The van der Waals surface area contributed by atoms with E-state index in [1.165, 1.54) is 6.92 Å². The fraction of sp³-hybridized carbons (Fsp3) is 0.167. The number of aromatic nitrogens is 2. The molecule has 2 aromatic heterocycles. The van der Waals surface area contributed by atoms with Crippen molar-refractivity contribution in [1.82, 2.24) is 15.3 Å². The molecule has 0 atom stereocenters. The average molecular weight is 307 g/mol. The smallest absolute Gasteiger partial charge is 0.223 e. The van der Waals surface area contributed by atoms with Gasteiger partial charge in [-0.15, -0.1) is 0 Å². The quantitative estimate of drug-likeness (QED) is 0.805. The number of hydrogen-bond acceptors (Lipinski definition) is 4. The van der Waals surface area contributed by atoms with E-state index in [1.807, 2.05) is 42.5 Å². The predicted octanol–water partition coefficient (Wildman–Crippen LogP) is 2.94. The topological polar surface area (TPSA) is 64.1 Å². The summed E-state index contributed by atoms with van der Waals surface area (Å²) in [4.78, 5) is 20.0. The number of benzene rings is 1. The van der Waals surface area contributed by atoms with Crippen molar-refractivity contribution in [1.29, 1.82) is 0 Å². The highest BCUT2D eigenvalue weighted by Gasteiger charge is 2.11. The molecule has 5 heteroatoms. The third kappa shape index (κ3) is 3.29. The highest BCUT2D eigenvalue weighted by Crippen LogP contribution is 2.30. The molecule has 2 heterocycles.